The molecule has 0 aromatic heterocycles. The highest BCUT2D eigenvalue weighted by Crippen LogP contribution is 2.36. The summed E-state index contributed by atoms with van der Waals surface area (Å²) in [6, 6.07) is 14.5. The van der Waals surface area contributed by atoms with E-state index in [2.05, 4.69) is 0 Å². The number of nitrogens with zero attached hydrogens (tertiary/aromatic N) is 1. The topological polar surface area (TPSA) is 74.7 Å². The highest BCUT2D eigenvalue weighted by atomic mass is 16.4. The molecule has 3 rings (SSSR count). The van der Waals surface area contributed by atoms with Crippen molar-refractivity contribution in [2.45, 2.75) is 32.1 Å². The molecule has 0 saturated carbocycles. The molecule has 0 saturated heterocycles. The summed E-state index contributed by atoms with van der Waals surface area (Å²) in [6.07, 6.45) is 1.09. The molecule has 0 fully saturated rings. The largest absolute Gasteiger partial charge is 0.481 e. The van der Waals surface area contributed by atoms with Crippen molar-refractivity contribution in [3.05, 3.63) is 65.2 Å². The van der Waals surface area contributed by atoms with Gasteiger partial charge in [-0.05, 0) is 23.6 Å². The molecule has 26 heavy (non-hydrogen) atoms. The number of hydrogen-bond donors (Lipinski definition) is 1. The van der Waals surface area contributed by atoms with Crippen LogP contribution in [0.3, 0.4) is 0 Å². The summed E-state index contributed by atoms with van der Waals surface area (Å²) in [6.45, 7) is 2.17. The fraction of sp³-hybridized carbons (Fsp3) is 0.286. The number of carboxylic acid groups (broad SMARTS) is 1. The van der Waals surface area contributed by atoms with Crippen LogP contribution in [0.4, 0.5) is 5.69 Å². The van der Waals surface area contributed by atoms with Crippen molar-refractivity contribution in [2.24, 2.45) is 0 Å². The molecular formula is C21H21NO4. The number of rotatable bonds is 6. The van der Waals surface area contributed by atoms with Gasteiger partial charge < -0.3 is 10.0 Å². The summed E-state index contributed by atoms with van der Waals surface area (Å²) in [5.41, 5.74) is 3.03. The number of para-hydroxylation sites is 1. The minimum atomic E-state index is -0.945. The lowest BCUT2D eigenvalue weighted by Gasteiger charge is -2.17. The molecule has 0 aliphatic carbocycles. The summed E-state index contributed by atoms with van der Waals surface area (Å²) in [4.78, 5) is 37.8. The Hall–Kier alpha value is -2.95. The molecule has 0 radical (unpaired) electrons. The molecule has 2 aromatic rings. The second-order valence-corrected chi connectivity index (χ2v) is 6.43. The lowest BCUT2D eigenvalue weighted by Crippen LogP contribution is -2.31. The standard InChI is InChI=1S/C21H21NO4/c1-2-14-7-9-15(10-8-14)19(23)11-12-20(24)22-13-17(21(25)26)16-5-3-4-6-18(16)22/h3-10,17H,2,11-13H2,1H3,(H,25,26). The van der Waals surface area contributed by atoms with Crippen LogP contribution in [0, 0.1) is 0 Å². The van der Waals surface area contributed by atoms with Crippen LogP contribution < -0.4 is 4.90 Å². The van der Waals surface area contributed by atoms with E-state index < -0.39 is 11.9 Å². The molecule has 5 heteroatoms. The summed E-state index contributed by atoms with van der Waals surface area (Å²) >= 11 is 0. The minimum Gasteiger partial charge on any atom is -0.481 e. The highest BCUT2D eigenvalue weighted by Gasteiger charge is 2.36. The molecule has 1 aliphatic heterocycles. The van der Waals surface area contributed by atoms with E-state index in [1.165, 1.54) is 4.90 Å². The van der Waals surface area contributed by atoms with E-state index in [1.54, 1.807) is 36.4 Å². The number of benzene rings is 2. The zero-order valence-corrected chi connectivity index (χ0v) is 14.6. The van der Waals surface area contributed by atoms with E-state index >= 15 is 0 Å². The van der Waals surface area contributed by atoms with Gasteiger partial charge in [-0.25, -0.2) is 0 Å². The van der Waals surface area contributed by atoms with E-state index in [0.29, 0.717) is 16.8 Å². The van der Waals surface area contributed by atoms with Crippen LogP contribution in [-0.4, -0.2) is 29.3 Å². The van der Waals surface area contributed by atoms with E-state index in [1.807, 2.05) is 19.1 Å². The Kier molecular flexibility index (Phi) is 5.16. The monoisotopic (exact) mass is 351 g/mol. The third kappa shape index (κ3) is 3.52. The number of fused-ring (bicyclic) bond motifs is 1. The summed E-state index contributed by atoms with van der Waals surface area (Å²) < 4.78 is 0. The number of aryl methyl sites for hydroxylation is 1. The molecule has 1 aliphatic rings. The number of Topliss-reactive ketones (excluding diaryl/α,β-unsaturated/α-hetero) is 1. The van der Waals surface area contributed by atoms with Gasteiger partial charge in [0, 0.05) is 30.6 Å². The van der Waals surface area contributed by atoms with Gasteiger partial charge >= 0.3 is 5.97 Å². The van der Waals surface area contributed by atoms with Crippen LogP contribution in [-0.2, 0) is 16.0 Å². The first-order valence-corrected chi connectivity index (χ1v) is 8.75. The lowest BCUT2D eigenvalue weighted by molar-refractivity contribution is -0.138. The Balaban J connectivity index is 1.67. The van der Waals surface area contributed by atoms with Crippen molar-refractivity contribution in [2.75, 3.05) is 11.4 Å². The fourth-order valence-electron chi connectivity index (χ4n) is 3.28. The average Bonchev–Trinajstić information content (AvgIpc) is 3.06. The maximum Gasteiger partial charge on any atom is 0.312 e. The Labute approximate surface area is 152 Å². The maximum atomic E-state index is 12.6. The first-order chi connectivity index (χ1) is 12.5. The van der Waals surface area contributed by atoms with E-state index in [4.69, 9.17) is 0 Å². The van der Waals surface area contributed by atoms with Crippen molar-refractivity contribution >= 4 is 23.3 Å². The molecule has 1 unspecified atom stereocenters. The Morgan fingerprint density at radius 3 is 2.38 bits per heavy atom. The molecule has 1 heterocycles. The van der Waals surface area contributed by atoms with Crippen LogP contribution in [0.15, 0.2) is 48.5 Å². The predicted molar refractivity (Wildman–Crippen MR) is 98.6 cm³/mol. The third-order valence-corrected chi connectivity index (χ3v) is 4.82. The second kappa shape index (κ2) is 7.52. The molecule has 1 amide bonds. The zero-order valence-electron chi connectivity index (χ0n) is 14.6. The van der Waals surface area contributed by atoms with Gasteiger partial charge in [-0.3, -0.25) is 14.4 Å². The number of carboxylic acids is 1. The fourth-order valence-corrected chi connectivity index (χ4v) is 3.28. The van der Waals surface area contributed by atoms with Crippen molar-refractivity contribution < 1.29 is 19.5 Å². The number of aliphatic carboxylic acids is 1. The van der Waals surface area contributed by atoms with Crippen LogP contribution in [0.5, 0.6) is 0 Å². The molecule has 0 spiro atoms. The average molecular weight is 351 g/mol. The van der Waals surface area contributed by atoms with Crippen LogP contribution in [0.2, 0.25) is 0 Å². The summed E-state index contributed by atoms with van der Waals surface area (Å²) in [5.74, 6) is -1.96. The smallest absolute Gasteiger partial charge is 0.312 e. The SMILES string of the molecule is CCc1ccc(C(=O)CCC(=O)N2CC(C(=O)O)c3ccccc32)cc1. The van der Waals surface area contributed by atoms with E-state index in [9.17, 15) is 19.5 Å². The molecule has 5 nitrogen and oxygen atoms in total. The molecule has 0 bridgehead atoms. The first-order valence-electron chi connectivity index (χ1n) is 8.75. The number of carbonyl (C=O) groups is 3. The highest BCUT2D eigenvalue weighted by molar-refractivity contribution is 6.02. The van der Waals surface area contributed by atoms with Crippen LogP contribution in [0.1, 0.15) is 47.2 Å². The predicted octanol–water partition coefficient (Wildman–Crippen LogP) is 3.43. The normalized spacial score (nSPS) is 15.6. The van der Waals surface area contributed by atoms with Gasteiger partial charge in [-0.1, -0.05) is 49.4 Å². The quantitative estimate of drug-likeness (QED) is 0.809. The molecule has 134 valence electrons. The number of anilines is 1. The van der Waals surface area contributed by atoms with E-state index in [-0.39, 0.29) is 31.1 Å². The lowest BCUT2D eigenvalue weighted by atomic mass is 10.0. The number of hydrogen-bond acceptors (Lipinski definition) is 3. The van der Waals surface area contributed by atoms with Gasteiger partial charge in [-0.15, -0.1) is 0 Å². The van der Waals surface area contributed by atoms with Gasteiger partial charge in [-0.2, -0.15) is 0 Å². The van der Waals surface area contributed by atoms with E-state index in [0.717, 1.165) is 12.0 Å². The van der Waals surface area contributed by atoms with Crippen molar-refractivity contribution in [1.29, 1.82) is 0 Å². The first kappa shape index (κ1) is 17.9. The minimum absolute atomic E-state index is 0.0645. The van der Waals surface area contributed by atoms with Gasteiger partial charge in [0.2, 0.25) is 5.91 Å². The van der Waals surface area contributed by atoms with Crippen molar-refractivity contribution in [3.63, 3.8) is 0 Å². The Morgan fingerprint density at radius 1 is 1.04 bits per heavy atom. The van der Waals surface area contributed by atoms with Gasteiger partial charge in [0.15, 0.2) is 5.78 Å². The van der Waals surface area contributed by atoms with Crippen molar-refractivity contribution in [1.82, 2.24) is 0 Å². The van der Waals surface area contributed by atoms with Gasteiger partial charge in [0.1, 0.15) is 5.92 Å². The Bertz CT molecular complexity index is 841. The maximum absolute atomic E-state index is 12.6. The number of amides is 1. The second-order valence-electron chi connectivity index (χ2n) is 6.43. The Morgan fingerprint density at radius 2 is 1.73 bits per heavy atom. The molecule has 1 atom stereocenters. The number of carbonyl (C=O) groups excluding carboxylic acids is 2. The third-order valence-electron chi connectivity index (χ3n) is 4.82. The van der Waals surface area contributed by atoms with Crippen molar-refractivity contribution in [3.8, 4) is 0 Å². The zero-order chi connectivity index (χ0) is 18.7. The van der Waals surface area contributed by atoms with Gasteiger partial charge in [0.05, 0.1) is 0 Å². The van der Waals surface area contributed by atoms with Crippen LogP contribution in [0.25, 0.3) is 0 Å². The summed E-state index contributed by atoms with van der Waals surface area (Å²) in [7, 11) is 0. The van der Waals surface area contributed by atoms with Gasteiger partial charge in [0.25, 0.3) is 0 Å². The summed E-state index contributed by atoms with van der Waals surface area (Å²) in [5, 5.41) is 9.38. The van der Waals surface area contributed by atoms with Crippen LogP contribution >= 0.6 is 0 Å². The number of ketones is 1. The molecular weight excluding hydrogens is 330 g/mol. The molecule has 2 aromatic carbocycles. The molecule has 1 N–H and O–H groups in total.